The Balaban J connectivity index is 1.77. The first kappa shape index (κ1) is 11.9. The normalized spacial score (nSPS) is 10.8. The summed E-state index contributed by atoms with van der Waals surface area (Å²) in [6, 6.07) is 3.69. The van der Waals surface area contributed by atoms with Crippen LogP contribution in [0.2, 0.25) is 0 Å². The van der Waals surface area contributed by atoms with Gasteiger partial charge in [0.1, 0.15) is 10.7 Å². The van der Waals surface area contributed by atoms with Crippen LogP contribution < -0.4 is 5.32 Å². The van der Waals surface area contributed by atoms with E-state index in [1.807, 2.05) is 24.4 Å². The van der Waals surface area contributed by atoms with E-state index in [1.54, 1.807) is 23.7 Å². The monoisotopic (exact) mass is 272 g/mol. The van der Waals surface area contributed by atoms with Gasteiger partial charge in [-0.3, -0.25) is 4.79 Å². The first-order valence-electron chi connectivity index (χ1n) is 5.85. The molecular weight excluding hydrogens is 260 g/mol. The van der Waals surface area contributed by atoms with E-state index in [4.69, 9.17) is 0 Å². The number of pyridine rings is 1. The maximum atomic E-state index is 12.1. The summed E-state index contributed by atoms with van der Waals surface area (Å²) in [5, 5.41) is 6.57. The molecule has 19 heavy (non-hydrogen) atoms. The number of carbonyl (C=O) groups is 1. The molecule has 0 aliphatic heterocycles. The van der Waals surface area contributed by atoms with E-state index >= 15 is 0 Å². The van der Waals surface area contributed by atoms with E-state index in [0.29, 0.717) is 12.1 Å². The Bertz CT molecular complexity index is 731. The van der Waals surface area contributed by atoms with Crippen LogP contribution in [0, 0.1) is 6.92 Å². The van der Waals surface area contributed by atoms with Gasteiger partial charge in [-0.15, -0.1) is 11.3 Å². The molecule has 0 saturated heterocycles. The van der Waals surface area contributed by atoms with Gasteiger partial charge in [0.15, 0.2) is 0 Å². The molecule has 0 aliphatic rings. The van der Waals surface area contributed by atoms with Crippen molar-refractivity contribution in [3.8, 4) is 0 Å². The number of carbonyl (C=O) groups excluding carboxylic acids is 1. The number of aromatic nitrogens is 3. The van der Waals surface area contributed by atoms with Gasteiger partial charge in [-0.2, -0.15) is 0 Å². The van der Waals surface area contributed by atoms with Crippen LogP contribution in [0.15, 0.2) is 29.9 Å². The minimum atomic E-state index is -0.118. The molecule has 3 heterocycles. The van der Waals surface area contributed by atoms with Crippen molar-refractivity contribution in [2.24, 2.45) is 0 Å². The smallest absolute Gasteiger partial charge is 0.253 e. The molecule has 0 spiro atoms. The molecule has 0 saturated carbocycles. The van der Waals surface area contributed by atoms with Crippen molar-refractivity contribution in [1.29, 1.82) is 0 Å². The molecule has 0 aromatic carbocycles. The van der Waals surface area contributed by atoms with E-state index in [1.165, 1.54) is 0 Å². The third kappa shape index (κ3) is 2.34. The molecule has 2 N–H and O–H groups in total. The summed E-state index contributed by atoms with van der Waals surface area (Å²) in [5.74, 6) is -0.118. The number of H-pyrrole nitrogens is 1. The second kappa shape index (κ2) is 4.81. The maximum absolute atomic E-state index is 12.1. The summed E-state index contributed by atoms with van der Waals surface area (Å²) in [6.07, 6.45) is 3.37. The molecule has 1 amide bonds. The zero-order valence-corrected chi connectivity index (χ0v) is 11.1. The molecular formula is C13H12N4OS. The Kier molecular flexibility index (Phi) is 3.00. The number of nitrogens with one attached hydrogen (secondary N) is 2. The Hall–Kier alpha value is -2.21. The van der Waals surface area contributed by atoms with Gasteiger partial charge in [-0.05, 0) is 19.1 Å². The fraction of sp³-hybridized carbons (Fsp3) is 0.154. The van der Waals surface area contributed by atoms with Crippen LogP contribution in [0.1, 0.15) is 21.1 Å². The molecule has 0 radical (unpaired) electrons. The molecule has 0 aliphatic carbocycles. The number of hydrogen-bond donors (Lipinski definition) is 2. The van der Waals surface area contributed by atoms with Gasteiger partial charge in [0.05, 0.1) is 12.1 Å². The maximum Gasteiger partial charge on any atom is 0.253 e. The van der Waals surface area contributed by atoms with Gasteiger partial charge in [0, 0.05) is 28.9 Å². The Morgan fingerprint density at radius 2 is 2.42 bits per heavy atom. The van der Waals surface area contributed by atoms with Crippen LogP contribution in [0.5, 0.6) is 0 Å². The number of thiazole rings is 1. The molecule has 0 unspecified atom stereocenters. The molecule has 96 valence electrons. The quantitative estimate of drug-likeness (QED) is 0.768. The average molecular weight is 272 g/mol. The summed E-state index contributed by atoms with van der Waals surface area (Å²) in [5.41, 5.74) is 2.31. The van der Waals surface area contributed by atoms with Crippen molar-refractivity contribution in [2.75, 3.05) is 0 Å². The topological polar surface area (TPSA) is 70.7 Å². The lowest BCUT2D eigenvalue weighted by atomic mass is 10.2. The predicted octanol–water partition coefficient (Wildman–Crippen LogP) is 2.26. The number of amides is 1. The summed E-state index contributed by atoms with van der Waals surface area (Å²) in [7, 11) is 0. The fourth-order valence-corrected chi connectivity index (χ4v) is 2.59. The molecule has 5 nitrogen and oxygen atoms in total. The Labute approximate surface area is 113 Å². The van der Waals surface area contributed by atoms with E-state index in [9.17, 15) is 4.79 Å². The van der Waals surface area contributed by atoms with Gasteiger partial charge in [-0.1, -0.05) is 0 Å². The number of rotatable bonds is 3. The summed E-state index contributed by atoms with van der Waals surface area (Å²) < 4.78 is 0. The largest absolute Gasteiger partial charge is 0.345 e. The zero-order valence-electron chi connectivity index (χ0n) is 10.3. The molecule has 6 heteroatoms. The van der Waals surface area contributed by atoms with E-state index in [0.717, 1.165) is 21.7 Å². The van der Waals surface area contributed by atoms with Crippen LogP contribution in [-0.4, -0.2) is 20.9 Å². The van der Waals surface area contributed by atoms with Gasteiger partial charge in [0.25, 0.3) is 5.91 Å². The fourth-order valence-electron chi connectivity index (χ4n) is 1.88. The van der Waals surface area contributed by atoms with Crippen molar-refractivity contribution >= 4 is 28.3 Å². The summed E-state index contributed by atoms with van der Waals surface area (Å²) in [4.78, 5) is 23.6. The average Bonchev–Trinajstić information content (AvgIpc) is 3.02. The molecule has 3 rings (SSSR count). The number of fused-ring (bicyclic) bond motifs is 1. The van der Waals surface area contributed by atoms with Crippen molar-refractivity contribution in [3.05, 3.63) is 46.2 Å². The van der Waals surface area contributed by atoms with Gasteiger partial charge in [0.2, 0.25) is 0 Å². The standard InChI is InChI=1S/C13H12N4OS/c1-8-7-19-11(17-8)6-16-13(18)10-5-15-12-9(10)3-2-4-14-12/h2-5,7H,6H2,1H3,(H,14,15)(H,16,18). The molecule has 0 bridgehead atoms. The predicted molar refractivity (Wildman–Crippen MR) is 74.1 cm³/mol. The lowest BCUT2D eigenvalue weighted by molar-refractivity contribution is 0.0952. The number of hydrogen-bond acceptors (Lipinski definition) is 4. The summed E-state index contributed by atoms with van der Waals surface area (Å²) in [6.45, 7) is 2.39. The number of nitrogens with zero attached hydrogens (tertiary/aromatic N) is 2. The first-order chi connectivity index (χ1) is 9.24. The second-order valence-electron chi connectivity index (χ2n) is 4.17. The molecule has 0 fully saturated rings. The van der Waals surface area contributed by atoms with E-state index < -0.39 is 0 Å². The highest BCUT2D eigenvalue weighted by molar-refractivity contribution is 7.09. The van der Waals surface area contributed by atoms with Gasteiger partial charge >= 0.3 is 0 Å². The SMILES string of the molecule is Cc1csc(CNC(=O)c2c[nH]c3ncccc23)n1. The number of aryl methyl sites for hydroxylation is 1. The van der Waals surface area contributed by atoms with Gasteiger partial charge in [-0.25, -0.2) is 9.97 Å². The van der Waals surface area contributed by atoms with Crippen LogP contribution >= 0.6 is 11.3 Å². The minimum Gasteiger partial charge on any atom is -0.345 e. The molecule has 3 aromatic rings. The lowest BCUT2D eigenvalue weighted by Gasteiger charge is -2.01. The van der Waals surface area contributed by atoms with E-state index in [-0.39, 0.29) is 5.91 Å². The lowest BCUT2D eigenvalue weighted by Crippen LogP contribution is -2.22. The number of aromatic amines is 1. The second-order valence-corrected chi connectivity index (χ2v) is 5.11. The van der Waals surface area contributed by atoms with E-state index in [2.05, 4.69) is 20.3 Å². The third-order valence-corrected chi connectivity index (χ3v) is 3.73. The van der Waals surface area contributed by atoms with Crippen LogP contribution in [0.4, 0.5) is 0 Å². The zero-order chi connectivity index (χ0) is 13.2. The molecule has 3 aromatic heterocycles. The highest BCUT2D eigenvalue weighted by Gasteiger charge is 2.12. The first-order valence-corrected chi connectivity index (χ1v) is 6.73. The van der Waals surface area contributed by atoms with Crippen LogP contribution in [0.25, 0.3) is 11.0 Å². The molecule has 0 atom stereocenters. The van der Waals surface area contributed by atoms with Crippen molar-refractivity contribution in [1.82, 2.24) is 20.3 Å². The van der Waals surface area contributed by atoms with Crippen molar-refractivity contribution < 1.29 is 4.79 Å². The Morgan fingerprint density at radius 3 is 3.21 bits per heavy atom. The Morgan fingerprint density at radius 1 is 1.53 bits per heavy atom. The highest BCUT2D eigenvalue weighted by Crippen LogP contribution is 2.15. The van der Waals surface area contributed by atoms with Gasteiger partial charge < -0.3 is 10.3 Å². The summed E-state index contributed by atoms with van der Waals surface area (Å²) >= 11 is 1.55. The third-order valence-electron chi connectivity index (χ3n) is 2.76. The van der Waals surface area contributed by atoms with Crippen molar-refractivity contribution in [2.45, 2.75) is 13.5 Å². The van der Waals surface area contributed by atoms with Crippen LogP contribution in [0.3, 0.4) is 0 Å². The van der Waals surface area contributed by atoms with Crippen molar-refractivity contribution in [3.63, 3.8) is 0 Å². The van der Waals surface area contributed by atoms with Crippen LogP contribution in [-0.2, 0) is 6.54 Å². The minimum absolute atomic E-state index is 0.118. The highest BCUT2D eigenvalue weighted by atomic mass is 32.1.